The number of carbonyl (C=O) groups is 2. The fraction of sp³-hybridized carbons (Fsp3) is 0.636. The molecule has 0 aliphatic carbocycles. The molecule has 4 N–H and O–H groups in total. The van der Waals surface area contributed by atoms with Crippen molar-refractivity contribution >= 4 is 11.9 Å². The SMILES string of the molecule is C=CCC(N)C(=O)O.CCCCCC(=O)O. The first-order chi connectivity index (χ1) is 7.45. The Morgan fingerprint density at radius 3 is 2.19 bits per heavy atom. The largest absolute Gasteiger partial charge is 0.481 e. The average Bonchev–Trinajstić information content (AvgIpc) is 2.19. The number of unbranched alkanes of at least 4 members (excludes halogenated alkanes) is 2. The zero-order valence-corrected chi connectivity index (χ0v) is 9.69. The molecule has 0 aromatic heterocycles. The lowest BCUT2D eigenvalue weighted by molar-refractivity contribution is -0.138. The standard InChI is InChI=1S/C6H12O2.C5H9NO2/c1-2-3-4-5-6(7)8;1-2-3-4(6)5(7)8/h2-5H2,1H3,(H,7,8);2,4H,1,3,6H2,(H,7,8). The smallest absolute Gasteiger partial charge is 0.320 e. The highest BCUT2D eigenvalue weighted by Crippen LogP contribution is 1.97. The van der Waals surface area contributed by atoms with E-state index in [2.05, 4.69) is 13.5 Å². The molecule has 1 unspecified atom stereocenters. The van der Waals surface area contributed by atoms with Gasteiger partial charge in [0.25, 0.3) is 0 Å². The van der Waals surface area contributed by atoms with E-state index in [9.17, 15) is 9.59 Å². The number of nitrogens with two attached hydrogens (primary N) is 1. The van der Waals surface area contributed by atoms with Gasteiger partial charge in [0.15, 0.2) is 0 Å². The maximum absolute atomic E-state index is 9.92. The molecule has 5 heteroatoms. The van der Waals surface area contributed by atoms with E-state index < -0.39 is 18.0 Å². The van der Waals surface area contributed by atoms with Crippen molar-refractivity contribution in [1.82, 2.24) is 0 Å². The van der Waals surface area contributed by atoms with Crippen LogP contribution >= 0.6 is 0 Å². The van der Waals surface area contributed by atoms with Crippen LogP contribution in [0.5, 0.6) is 0 Å². The van der Waals surface area contributed by atoms with Gasteiger partial charge in [0.1, 0.15) is 6.04 Å². The second-order valence-corrected chi connectivity index (χ2v) is 3.32. The Kier molecular flexibility index (Phi) is 12.5. The van der Waals surface area contributed by atoms with Gasteiger partial charge in [0, 0.05) is 6.42 Å². The molecule has 0 aliphatic heterocycles. The third-order valence-electron chi connectivity index (χ3n) is 1.73. The average molecular weight is 231 g/mol. The number of hydrogen-bond acceptors (Lipinski definition) is 3. The maximum atomic E-state index is 9.92. The molecule has 0 heterocycles. The van der Waals surface area contributed by atoms with Crippen LogP contribution in [0.4, 0.5) is 0 Å². The van der Waals surface area contributed by atoms with E-state index in [-0.39, 0.29) is 0 Å². The lowest BCUT2D eigenvalue weighted by Gasteiger charge is -1.98. The first-order valence-electron chi connectivity index (χ1n) is 5.26. The zero-order chi connectivity index (χ0) is 13.0. The van der Waals surface area contributed by atoms with Crippen molar-refractivity contribution in [2.75, 3.05) is 0 Å². The van der Waals surface area contributed by atoms with Crippen molar-refractivity contribution in [3.8, 4) is 0 Å². The summed E-state index contributed by atoms with van der Waals surface area (Å²) < 4.78 is 0. The van der Waals surface area contributed by atoms with Gasteiger partial charge in [-0.1, -0.05) is 25.8 Å². The lowest BCUT2D eigenvalue weighted by atomic mass is 10.2. The number of carboxylic acid groups (broad SMARTS) is 2. The fourth-order valence-corrected chi connectivity index (χ4v) is 0.807. The third-order valence-corrected chi connectivity index (χ3v) is 1.73. The Morgan fingerprint density at radius 1 is 1.38 bits per heavy atom. The Balaban J connectivity index is 0. The van der Waals surface area contributed by atoms with Gasteiger partial charge in [-0.25, -0.2) is 0 Å². The minimum atomic E-state index is -0.982. The Bertz CT molecular complexity index is 216. The van der Waals surface area contributed by atoms with Crippen LogP contribution in [0.25, 0.3) is 0 Å². The van der Waals surface area contributed by atoms with Crippen LogP contribution in [0.2, 0.25) is 0 Å². The summed E-state index contributed by atoms with van der Waals surface area (Å²) >= 11 is 0. The molecule has 0 saturated heterocycles. The highest BCUT2D eigenvalue weighted by Gasteiger charge is 2.06. The first kappa shape index (κ1) is 17.0. The molecule has 0 aromatic carbocycles. The Morgan fingerprint density at radius 2 is 1.94 bits per heavy atom. The molecular formula is C11H21NO4. The van der Waals surface area contributed by atoms with Gasteiger partial charge in [-0.3, -0.25) is 9.59 Å². The van der Waals surface area contributed by atoms with Crippen LogP contribution in [0.1, 0.15) is 39.0 Å². The second kappa shape index (κ2) is 11.7. The summed E-state index contributed by atoms with van der Waals surface area (Å²) in [7, 11) is 0. The topological polar surface area (TPSA) is 101 Å². The van der Waals surface area contributed by atoms with Crippen LogP contribution in [0, 0.1) is 0 Å². The number of rotatable bonds is 7. The van der Waals surface area contributed by atoms with E-state index in [4.69, 9.17) is 15.9 Å². The predicted molar refractivity (Wildman–Crippen MR) is 62.2 cm³/mol. The minimum Gasteiger partial charge on any atom is -0.481 e. The Labute approximate surface area is 96.0 Å². The first-order valence-corrected chi connectivity index (χ1v) is 5.26. The number of carboxylic acids is 2. The molecule has 5 nitrogen and oxygen atoms in total. The molecule has 0 rings (SSSR count). The van der Waals surface area contributed by atoms with E-state index in [1.807, 2.05) is 0 Å². The summed E-state index contributed by atoms with van der Waals surface area (Å²) in [5.41, 5.74) is 5.06. The van der Waals surface area contributed by atoms with E-state index in [1.165, 1.54) is 6.08 Å². The van der Waals surface area contributed by atoms with Crippen LogP contribution in [0.15, 0.2) is 12.7 Å². The molecule has 0 spiro atoms. The van der Waals surface area contributed by atoms with E-state index in [0.717, 1.165) is 19.3 Å². The van der Waals surface area contributed by atoms with Gasteiger partial charge in [0.2, 0.25) is 0 Å². The van der Waals surface area contributed by atoms with Crippen molar-refractivity contribution in [3.05, 3.63) is 12.7 Å². The monoisotopic (exact) mass is 231 g/mol. The lowest BCUT2D eigenvalue weighted by Crippen LogP contribution is -2.28. The van der Waals surface area contributed by atoms with E-state index in [0.29, 0.717) is 12.8 Å². The highest BCUT2D eigenvalue weighted by molar-refractivity contribution is 5.73. The summed E-state index contributed by atoms with van der Waals surface area (Å²) in [6.45, 7) is 5.40. The van der Waals surface area contributed by atoms with Gasteiger partial charge in [-0.15, -0.1) is 6.58 Å². The summed E-state index contributed by atoms with van der Waals surface area (Å²) in [5.74, 6) is -1.66. The minimum absolute atomic E-state index is 0.327. The van der Waals surface area contributed by atoms with Gasteiger partial charge >= 0.3 is 11.9 Å². The van der Waals surface area contributed by atoms with Gasteiger partial charge in [-0.2, -0.15) is 0 Å². The number of hydrogen-bond donors (Lipinski definition) is 3. The van der Waals surface area contributed by atoms with Crippen LogP contribution in [-0.2, 0) is 9.59 Å². The molecule has 0 fully saturated rings. The van der Waals surface area contributed by atoms with Crippen LogP contribution in [0.3, 0.4) is 0 Å². The molecule has 0 amide bonds. The molecule has 0 radical (unpaired) electrons. The van der Waals surface area contributed by atoms with Crippen LogP contribution in [-0.4, -0.2) is 28.2 Å². The molecule has 0 aromatic rings. The Hall–Kier alpha value is -1.36. The van der Waals surface area contributed by atoms with Crippen molar-refractivity contribution in [1.29, 1.82) is 0 Å². The summed E-state index contributed by atoms with van der Waals surface area (Å²) in [6, 6.07) is -0.785. The number of aliphatic carboxylic acids is 2. The molecule has 0 bridgehead atoms. The van der Waals surface area contributed by atoms with Crippen molar-refractivity contribution in [2.45, 2.75) is 45.1 Å². The quantitative estimate of drug-likeness (QED) is 0.456. The fourth-order valence-electron chi connectivity index (χ4n) is 0.807. The summed E-state index contributed by atoms with van der Waals surface area (Å²) in [5, 5.41) is 16.3. The van der Waals surface area contributed by atoms with Crippen molar-refractivity contribution < 1.29 is 19.8 Å². The molecule has 1 atom stereocenters. The third kappa shape index (κ3) is 15.1. The molecule has 16 heavy (non-hydrogen) atoms. The van der Waals surface area contributed by atoms with Crippen molar-refractivity contribution in [2.24, 2.45) is 5.73 Å². The molecule has 0 aliphatic rings. The zero-order valence-electron chi connectivity index (χ0n) is 9.69. The second-order valence-electron chi connectivity index (χ2n) is 3.32. The van der Waals surface area contributed by atoms with Crippen molar-refractivity contribution in [3.63, 3.8) is 0 Å². The van der Waals surface area contributed by atoms with E-state index >= 15 is 0 Å². The summed E-state index contributed by atoms with van der Waals surface area (Å²) in [4.78, 5) is 19.8. The van der Waals surface area contributed by atoms with Crippen LogP contribution < -0.4 is 5.73 Å². The normalized spacial score (nSPS) is 10.9. The van der Waals surface area contributed by atoms with E-state index in [1.54, 1.807) is 0 Å². The highest BCUT2D eigenvalue weighted by atomic mass is 16.4. The van der Waals surface area contributed by atoms with Gasteiger partial charge < -0.3 is 15.9 Å². The molecule has 0 saturated carbocycles. The molecule has 94 valence electrons. The predicted octanol–water partition coefficient (Wildman–Crippen LogP) is 1.63. The summed E-state index contributed by atoms with van der Waals surface area (Å²) in [6.07, 6.45) is 5.09. The van der Waals surface area contributed by atoms with Gasteiger partial charge in [0.05, 0.1) is 0 Å². The molecular weight excluding hydrogens is 210 g/mol. The van der Waals surface area contributed by atoms with Gasteiger partial charge in [-0.05, 0) is 12.8 Å². The maximum Gasteiger partial charge on any atom is 0.320 e.